The second-order valence-corrected chi connectivity index (χ2v) is 8.35. The van der Waals surface area contributed by atoms with Crippen molar-refractivity contribution < 1.29 is 19.4 Å². The predicted octanol–water partition coefficient (Wildman–Crippen LogP) is 4.41. The molecule has 174 valence electrons. The van der Waals surface area contributed by atoms with E-state index in [0.717, 1.165) is 30.5 Å². The molecule has 6 nitrogen and oxygen atoms in total. The summed E-state index contributed by atoms with van der Waals surface area (Å²) in [6, 6.07) is 16.2. The average Bonchev–Trinajstić information content (AvgIpc) is 3.07. The van der Waals surface area contributed by atoms with Gasteiger partial charge in [-0.1, -0.05) is 55.5 Å². The van der Waals surface area contributed by atoms with Gasteiger partial charge >= 0.3 is 0 Å². The van der Waals surface area contributed by atoms with E-state index < -0.39 is 17.7 Å². The molecule has 0 aromatic heterocycles. The maximum absolute atomic E-state index is 13.2. The van der Waals surface area contributed by atoms with Crippen LogP contribution >= 0.6 is 0 Å². The summed E-state index contributed by atoms with van der Waals surface area (Å²) in [6.07, 6.45) is 4.70. The lowest BCUT2D eigenvalue weighted by Gasteiger charge is -2.27. The maximum Gasteiger partial charge on any atom is 0.290 e. The Labute approximate surface area is 195 Å². The van der Waals surface area contributed by atoms with Crippen molar-refractivity contribution in [3.05, 3.63) is 83.1 Å². The number of benzene rings is 2. The predicted molar refractivity (Wildman–Crippen MR) is 130 cm³/mol. The van der Waals surface area contributed by atoms with E-state index >= 15 is 0 Å². The molecule has 1 amide bonds. The summed E-state index contributed by atoms with van der Waals surface area (Å²) in [5.41, 5.74) is 1.71. The molecular weight excluding hydrogens is 416 g/mol. The van der Waals surface area contributed by atoms with E-state index in [4.69, 9.17) is 4.74 Å². The number of hydrogen-bond acceptors (Lipinski definition) is 5. The first-order valence-corrected chi connectivity index (χ1v) is 11.3. The van der Waals surface area contributed by atoms with Gasteiger partial charge in [-0.25, -0.2) is 0 Å². The van der Waals surface area contributed by atoms with Crippen molar-refractivity contribution in [2.45, 2.75) is 25.8 Å². The molecule has 33 heavy (non-hydrogen) atoms. The van der Waals surface area contributed by atoms with E-state index in [0.29, 0.717) is 18.9 Å². The molecule has 1 heterocycles. The van der Waals surface area contributed by atoms with Crippen LogP contribution < -0.4 is 4.74 Å². The summed E-state index contributed by atoms with van der Waals surface area (Å²) in [5.74, 6) is -0.708. The Morgan fingerprint density at radius 3 is 2.61 bits per heavy atom. The first kappa shape index (κ1) is 24.3. The molecule has 1 atom stereocenters. The molecule has 2 aromatic rings. The van der Waals surface area contributed by atoms with Gasteiger partial charge in [0.1, 0.15) is 5.75 Å². The number of carbonyl (C=O) groups is 2. The Bertz CT molecular complexity index is 1030. The highest BCUT2D eigenvalue weighted by atomic mass is 16.5. The van der Waals surface area contributed by atoms with Crippen LogP contribution in [-0.4, -0.2) is 60.4 Å². The van der Waals surface area contributed by atoms with Gasteiger partial charge in [0.2, 0.25) is 0 Å². The molecule has 6 heteroatoms. The Balaban J connectivity index is 1.95. The number of amides is 1. The number of rotatable bonds is 11. The highest BCUT2D eigenvalue weighted by Gasteiger charge is 2.42. The van der Waals surface area contributed by atoms with Gasteiger partial charge in [0.25, 0.3) is 5.91 Å². The fraction of sp³-hybridized carbons (Fsp3) is 0.333. The molecule has 3 rings (SSSR count). The molecule has 2 aromatic carbocycles. The lowest BCUT2D eigenvalue weighted by Crippen LogP contribution is -2.33. The number of allylic oxidation sites excluding steroid dienone is 1. The molecule has 0 saturated heterocycles. The van der Waals surface area contributed by atoms with Crippen molar-refractivity contribution in [3.8, 4) is 5.75 Å². The summed E-state index contributed by atoms with van der Waals surface area (Å²) < 4.78 is 5.77. The molecular formula is C27H32N2O4. The fourth-order valence-electron chi connectivity index (χ4n) is 3.86. The number of aliphatic hydroxyl groups excluding tert-OH is 1. The lowest BCUT2D eigenvalue weighted by molar-refractivity contribution is -0.129. The van der Waals surface area contributed by atoms with Crippen LogP contribution in [0.2, 0.25) is 0 Å². The topological polar surface area (TPSA) is 70.1 Å². The zero-order valence-electron chi connectivity index (χ0n) is 19.5. The number of ketones is 1. The number of aliphatic hydroxyl groups is 1. The number of ether oxygens (including phenoxy) is 1. The van der Waals surface area contributed by atoms with Crippen LogP contribution in [0.4, 0.5) is 0 Å². The first-order valence-electron chi connectivity index (χ1n) is 11.3. The molecule has 0 spiro atoms. The van der Waals surface area contributed by atoms with Crippen molar-refractivity contribution in [2.24, 2.45) is 0 Å². The van der Waals surface area contributed by atoms with Crippen molar-refractivity contribution >= 4 is 17.8 Å². The Morgan fingerprint density at radius 1 is 1.15 bits per heavy atom. The summed E-state index contributed by atoms with van der Waals surface area (Å²) in [6.45, 7) is 3.81. The van der Waals surface area contributed by atoms with Gasteiger partial charge in [-0.3, -0.25) is 9.59 Å². The van der Waals surface area contributed by atoms with Crippen LogP contribution in [0.15, 0.2) is 72.0 Å². The van der Waals surface area contributed by atoms with E-state index in [1.807, 2.05) is 80.5 Å². The van der Waals surface area contributed by atoms with E-state index in [1.165, 1.54) is 6.08 Å². The van der Waals surface area contributed by atoms with Crippen molar-refractivity contribution in [1.82, 2.24) is 9.80 Å². The number of nitrogens with zero attached hydrogens (tertiary/aromatic N) is 2. The van der Waals surface area contributed by atoms with E-state index in [1.54, 1.807) is 11.0 Å². The van der Waals surface area contributed by atoms with Gasteiger partial charge in [0.05, 0.1) is 18.2 Å². The van der Waals surface area contributed by atoms with Gasteiger partial charge in [-0.05, 0) is 62.8 Å². The van der Waals surface area contributed by atoms with Gasteiger partial charge in [0.15, 0.2) is 11.5 Å². The van der Waals surface area contributed by atoms with Crippen molar-refractivity contribution in [1.29, 1.82) is 0 Å². The molecule has 0 radical (unpaired) electrons. The largest absolute Gasteiger partial charge is 0.503 e. The van der Waals surface area contributed by atoms with E-state index in [2.05, 4.69) is 0 Å². The third-order valence-corrected chi connectivity index (χ3v) is 5.45. The Hall–Kier alpha value is -3.38. The van der Waals surface area contributed by atoms with Crippen LogP contribution in [0.25, 0.3) is 6.08 Å². The fourth-order valence-corrected chi connectivity index (χ4v) is 3.86. The monoisotopic (exact) mass is 448 g/mol. The minimum absolute atomic E-state index is 0.102. The third-order valence-electron chi connectivity index (χ3n) is 5.45. The summed E-state index contributed by atoms with van der Waals surface area (Å²) in [7, 11) is 3.94. The minimum Gasteiger partial charge on any atom is -0.503 e. The van der Waals surface area contributed by atoms with Gasteiger partial charge in [-0.2, -0.15) is 0 Å². The van der Waals surface area contributed by atoms with Gasteiger partial charge in [-0.15, -0.1) is 0 Å². The maximum atomic E-state index is 13.2. The van der Waals surface area contributed by atoms with E-state index in [-0.39, 0.29) is 11.4 Å². The summed E-state index contributed by atoms with van der Waals surface area (Å²) >= 11 is 0. The van der Waals surface area contributed by atoms with Crippen LogP contribution in [0, 0.1) is 0 Å². The molecule has 1 N–H and O–H groups in total. The highest BCUT2D eigenvalue weighted by Crippen LogP contribution is 2.39. The SMILES string of the molecule is CCCOc1cccc(C2C(C(=O)/C=C/c3ccccc3)=C(O)C(=O)N2CCCN(C)C)c1. The van der Waals surface area contributed by atoms with Crippen LogP contribution in [-0.2, 0) is 9.59 Å². The van der Waals surface area contributed by atoms with Crippen LogP contribution in [0.5, 0.6) is 5.75 Å². The second-order valence-electron chi connectivity index (χ2n) is 8.35. The van der Waals surface area contributed by atoms with E-state index in [9.17, 15) is 14.7 Å². The third kappa shape index (κ3) is 6.11. The van der Waals surface area contributed by atoms with Gasteiger partial charge in [0, 0.05) is 6.54 Å². The van der Waals surface area contributed by atoms with Crippen LogP contribution in [0.3, 0.4) is 0 Å². The molecule has 0 fully saturated rings. The zero-order valence-corrected chi connectivity index (χ0v) is 19.5. The Morgan fingerprint density at radius 2 is 1.91 bits per heavy atom. The lowest BCUT2D eigenvalue weighted by atomic mass is 9.95. The molecule has 1 unspecified atom stereocenters. The second kappa shape index (κ2) is 11.5. The summed E-state index contributed by atoms with van der Waals surface area (Å²) in [4.78, 5) is 29.9. The average molecular weight is 449 g/mol. The zero-order chi connectivity index (χ0) is 23.8. The number of carbonyl (C=O) groups excluding carboxylic acids is 2. The smallest absolute Gasteiger partial charge is 0.290 e. The normalized spacial score (nSPS) is 16.3. The molecule has 0 bridgehead atoms. The Kier molecular flexibility index (Phi) is 8.44. The standard InChI is InChI=1S/C27H32N2O4/c1-4-18-33-22-13-8-12-21(19-22)25-24(23(30)15-14-20-10-6-5-7-11-20)26(31)27(32)29(25)17-9-16-28(2)3/h5-8,10-15,19,25,31H,4,9,16-18H2,1-3H3/b15-14+. The van der Waals surface area contributed by atoms with Crippen molar-refractivity contribution in [2.75, 3.05) is 33.8 Å². The van der Waals surface area contributed by atoms with Crippen LogP contribution in [0.1, 0.15) is 36.9 Å². The first-order chi connectivity index (χ1) is 15.9. The molecule has 0 saturated carbocycles. The minimum atomic E-state index is -0.669. The molecule has 0 aliphatic carbocycles. The van der Waals surface area contributed by atoms with Gasteiger partial charge < -0.3 is 19.6 Å². The highest BCUT2D eigenvalue weighted by molar-refractivity contribution is 6.14. The quantitative estimate of drug-likeness (QED) is 0.516. The number of hydrogen-bond donors (Lipinski definition) is 1. The molecule has 1 aliphatic rings. The van der Waals surface area contributed by atoms with Crippen molar-refractivity contribution in [3.63, 3.8) is 0 Å². The summed E-state index contributed by atoms with van der Waals surface area (Å²) in [5, 5.41) is 10.7. The molecule has 1 aliphatic heterocycles.